The monoisotopic (exact) mass is 314 g/mol. The zero-order valence-electron chi connectivity index (χ0n) is 12.2. The molecule has 0 radical (unpaired) electrons. The molecule has 0 bridgehead atoms. The van der Waals surface area contributed by atoms with Crippen LogP contribution in [-0.2, 0) is 21.0 Å². The molecule has 0 aromatic heterocycles. The van der Waals surface area contributed by atoms with Crippen molar-refractivity contribution < 1.29 is 13.2 Å². The highest BCUT2D eigenvalue weighted by Crippen LogP contribution is 2.34. The molecule has 0 fully saturated rings. The largest absolute Gasteiger partial charge is 0.373 e. The molecule has 3 rings (SSSR count). The Hall–Kier alpha value is -1.91. The van der Waals surface area contributed by atoms with Crippen LogP contribution in [-0.4, -0.2) is 15.0 Å². The van der Waals surface area contributed by atoms with Crippen LogP contribution in [0.1, 0.15) is 23.7 Å². The quantitative estimate of drug-likeness (QED) is 0.864. The predicted molar refractivity (Wildman–Crippen MR) is 86.2 cm³/mol. The van der Waals surface area contributed by atoms with E-state index in [9.17, 15) is 8.42 Å². The number of rotatable bonds is 4. The Labute approximate surface area is 131 Å². The van der Waals surface area contributed by atoms with Gasteiger partial charge in [-0.1, -0.05) is 49.0 Å². The molecule has 2 aromatic rings. The number of hydrogen-bond acceptors (Lipinski definition) is 3. The van der Waals surface area contributed by atoms with E-state index < -0.39 is 9.84 Å². The predicted octanol–water partition coefficient (Wildman–Crippen LogP) is 3.68. The summed E-state index contributed by atoms with van der Waals surface area (Å²) >= 11 is 0. The van der Waals surface area contributed by atoms with Gasteiger partial charge in [0.2, 0.25) is 9.84 Å². The zero-order chi connectivity index (χ0) is 15.6. The van der Waals surface area contributed by atoms with Crippen molar-refractivity contribution in [3.05, 3.63) is 77.2 Å². The molecule has 114 valence electrons. The SMILES string of the molecule is C=C(CC1OCCc2ccccc21)S(=O)(=O)c1ccccc1. The van der Waals surface area contributed by atoms with Gasteiger partial charge in [0, 0.05) is 11.3 Å². The minimum absolute atomic E-state index is 0.195. The van der Waals surface area contributed by atoms with Gasteiger partial charge in [-0.15, -0.1) is 0 Å². The first-order valence-electron chi connectivity index (χ1n) is 7.26. The molecule has 3 nitrogen and oxygen atoms in total. The summed E-state index contributed by atoms with van der Waals surface area (Å²) in [5, 5.41) is 0. The number of benzene rings is 2. The first-order valence-corrected chi connectivity index (χ1v) is 8.74. The number of fused-ring (bicyclic) bond motifs is 1. The molecule has 1 unspecified atom stereocenters. The fourth-order valence-electron chi connectivity index (χ4n) is 2.73. The summed E-state index contributed by atoms with van der Waals surface area (Å²) in [5.74, 6) is 0. The summed E-state index contributed by atoms with van der Waals surface area (Å²) in [6.45, 7) is 4.41. The molecular weight excluding hydrogens is 296 g/mol. The van der Waals surface area contributed by atoms with Gasteiger partial charge in [0.25, 0.3) is 0 Å². The van der Waals surface area contributed by atoms with Gasteiger partial charge >= 0.3 is 0 Å². The maximum Gasteiger partial charge on any atom is 0.202 e. The van der Waals surface area contributed by atoms with Crippen LogP contribution in [0.2, 0.25) is 0 Å². The first kappa shape index (κ1) is 15.0. The fraction of sp³-hybridized carbons (Fsp3) is 0.222. The molecule has 0 N–H and O–H groups in total. The van der Waals surface area contributed by atoms with E-state index in [4.69, 9.17) is 4.74 Å². The van der Waals surface area contributed by atoms with Gasteiger partial charge in [-0.25, -0.2) is 8.42 Å². The Balaban J connectivity index is 1.84. The summed E-state index contributed by atoms with van der Waals surface area (Å²) in [7, 11) is -3.52. The molecule has 0 spiro atoms. The van der Waals surface area contributed by atoms with E-state index in [0.29, 0.717) is 6.61 Å². The topological polar surface area (TPSA) is 43.4 Å². The van der Waals surface area contributed by atoms with E-state index >= 15 is 0 Å². The second kappa shape index (κ2) is 6.07. The first-order chi connectivity index (χ1) is 10.6. The lowest BCUT2D eigenvalue weighted by atomic mass is 9.96. The molecule has 1 atom stereocenters. The zero-order valence-corrected chi connectivity index (χ0v) is 13.1. The number of ether oxygens (including phenoxy) is 1. The smallest absolute Gasteiger partial charge is 0.202 e. The van der Waals surface area contributed by atoms with E-state index in [0.717, 1.165) is 12.0 Å². The lowest BCUT2D eigenvalue weighted by Gasteiger charge is -2.26. The molecule has 0 saturated carbocycles. The van der Waals surface area contributed by atoms with Crippen LogP contribution in [0.4, 0.5) is 0 Å². The highest BCUT2D eigenvalue weighted by Gasteiger charge is 2.26. The molecule has 0 aliphatic carbocycles. The third-order valence-corrected chi connectivity index (χ3v) is 5.76. The normalized spacial score (nSPS) is 17.7. The fourth-order valence-corrected chi connectivity index (χ4v) is 3.95. The van der Waals surface area contributed by atoms with Gasteiger partial charge in [-0.05, 0) is 29.7 Å². The van der Waals surface area contributed by atoms with Gasteiger partial charge in [-0.2, -0.15) is 0 Å². The average Bonchev–Trinajstić information content (AvgIpc) is 2.56. The highest BCUT2D eigenvalue weighted by molar-refractivity contribution is 7.95. The van der Waals surface area contributed by atoms with Crippen LogP contribution in [0.15, 0.2) is 71.0 Å². The third-order valence-electron chi connectivity index (χ3n) is 3.94. The number of hydrogen-bond donors (Lipinski definition) is 0. The molecule has 4 heteroatoms. The van der Waals surface area contributed by atoms with Crippen molar-refractivity contribution >= 4 is 9.84 Å². The minimum atomic E-state index is -3.52. The maximum atomic E-state index is 12.6. The Bertz CT molecular complexity index is 779. The highest BCUT2D eigenvalue weighted by atomic mass is 32.2. The molecule has 22 heavy (non-hydrogen) atoms. The van der Waals surface area contributed by atoms with Crippen molar-refractivity contribution in [1.82, 2.24) is 0 Å². The second-order valence-electron chi connectivity index (χ2n) is 5.37. The Morgan fingerprint density at radius 3 is 2.55 bits per heavy atom. The second-order valence-corrected chi connectivity index (χ2v) is 7.42. The maximum absolute atomic E-state index is 12.6. The van der Waals surface area contributed by atoms with Gasteiger partial charge in [-0.3, -0.25) is 0 Å². The molecule has 0 saturated heterocycles. The molecule has 1 heterocycles. The van der Waals surface area contributed by atoms with Crippen LogP contribution < -0.4 is 0 Å². The Morgan fingerprint density at radius 1 is 1.09 bits per heavy atom. The van der Waals surface area contributed by atoms with Crippen LogP contribution >= 0.6 is 0 Å². The van der Waals surface area contributed by atoms with Crippen LogP contribution in [0.5, 0.6) is 0 Å². The van der Waals surface area contributed by atoms with Crippen molar-refractivity contribution in [2.24, 2.45) is 0 Å². The molecule has 1 aliphatic heterocycles. The van der Waals surface area contributed by atoms with E-state index in [1.807, 2.05) is 18.2 Å². The van der Waals surface area contributed by atoms with Crippen molar-refractivity contribution in [2.45, 2.75) is 23.8 Å². The summed E-state index contributed by atoms with van der Waals surface area (Å²) in [6, 6.07) is 16.4. The summed E-state index contributed by atoms with van der Waals surface area (Å²) in [4.78, 5) is 0.476. The van der Waals surface area contributed by atoms with E-state index in [2.05, 4.69) is 12.6 Å². The molecule has 2 aromatic carbocycles. The van der Waals surface area contributed by atoms with Crippen molar-refractivity contribution in [3.63, 3.8) is 0 Å². The minimum Gasteiger partial charge on any atom is -0.373 e. The van der Waals surface area contributed by atoms with Crippen molar-refractivity contribution in [1.29, 1.82) is 0 Å². The van der Waals surface area contributed by atoms with Crippen molar-refractivity contribution in [2.75, 3.05) is 6.61 Å². The van der Waals surface area contributed by atoms with Gasteiger partial charge in [0.05, 0.1) is 17.6 Å². The Kier molecular flexibility index (Phi) is 4.14. The standard InChI is InChI=1S/C18H18O3S/c1-14(22(19,20)16-8-3-2-4-9-16)13-18-17-10-6-5-7-15(17)11-12-21-18/h2-10,18H,1,11-13H2. The Morgan fingerprint density at radius 2 is 1.77 bits per heavy atom. The van der Waals surface area contributed by atoms with E-state index in [1.165, 1.54) is 5.56 Å². The van der Waals surface area contributed by atoms with Crippen LogP contribution in [0.3, 0.4) is 0 Å². The lowest BCUT2D eigenvalue weighted by molar-refractivity contribution is 0.0438. The van der Waals surface area contributed by atoms with Crippen LogP contribution in [0.25, 0.3) is 0 Å². The van der Waals surface area contributed by atoms with Gasteiger partial charge in [0.15, 0.2) is 0 Å². The van der Waals surface area contributed by atoms with Gasteiger partial charge < -0.3 is 4.74 Å². The number of sulfone groups is 1. The van der Waals surface area contributed by atoms with E-state index in [1.54, 1.807) is 30.3 Å². The van der Waals surface area contributed by atoms with Gasteiger partial charge in [0.1, 0.15) is 0 Å². The van der Waals surface area contributed by atoms with E-state index in [-0.39, 0.29) is 22.3 Å². The lowest BCUT2D eigenvalue weighted by Crippen LogP contribution is -2.18. The summed E-state index contributed by atoms with van der Waals surface area (Å²) < 4.78 is 30.9. The third kappa shape index (κ3) is 2.85. The van der Waals surface area contributed by atoms with Crippen LogP contribution in [0, 0.1) is 0 Å². The summed E-state index contributed by atoms with van der Waals surface area (Å²) in [5.41, 5.74) is 2.29. The molecule has 1 aliphatic rings. The molecular formula is C18H18O3S. The molecule has 0 amide bonds. The summed E-state index contributed by atoms with van der Waals surface area (Å²) in [6.07, 6.45) is 0.912. The van der Waals surface area contributed by atoms with Crippen molar-refractivity contribution in [3.8, 4) is 0 Å². The average molecular weight is 314 g/mol.